The van der Waals surface area contributed by atoms with Gasteiger partial charge in [-0.15, -0.1) is 0 Å². The van der Waals surface area contributed by atoms with Crippen LogP contribution >= 0.6 is 12.2 Å². The van der Waals surface area contributed by atoms with Crippen molar-refractivity contribution in [3.8, 4) is 11.5 Å². The third kappa shape index (κ3) is 5.78. The molecule has 7 heteroatoms. The van der Waals surface area contributed by atoms with E-state index in [-0.39, 0.29) is 12.7 Å². The van der Waals surface area contributed by atoms with Gasteiger partial charge < -0.3 is 14.8 Å². The summed E-state index contributed by atoms with van der Waals surface area (Å²) in [5, 5.41) is 3.43. The van der Waals surface area contributed by atoms with Crippen LogP contribution in [0.4, 0.5) is 0 Å². The van der Waals surface area contributed by atoms with Crippen LogP contribution in [-0.2, 0) is 4.79 Å². The summed E-state index contributed by atoms with van der Waals surface area (Å²) >= 11 is 5.06. The molecule has 1 aromatic carbocycles. The van der Waals surface area contributed by atoms with Crippen LogP contribution in [0.3, 0.4) is 0 Å². The zero-order valence-electron chi connectivity index (χ0n) is 13.1. The molecule has 0 atom stereocenters. The molecule has 0 radical (unpaired) electrons. The van der Waals surface area contributed by atoms with Crippen molar-refractivity contribution in [1.29, 1.82) is 0 Å². The summed E-state index contributed by atoms with van der Waals surface area (Å²) in [5.74, 6) is 1.11. The normalized spacial score (nSPS) is 12.2. The average Bonchev–Trinajstić information content (AvgIpc) is 3.02. The van der Waals surface area contributed by atoms with Crippen molar-refractivity contribution in [1.82, 2.24) is 16.2 Å². The number of hydrogen-bond donors (Lipinski definition) is 3. The first-order valence-corrected chi connectivity index (χ1v) is 8.01. The van der Waals surface area contributed by atoms with Crippen LogP contribution < -0.4 is 25.6 Å². The van der Waals surface area contributed by atoms with Gasteiger partial charge in [-0.25, -0.2) is 0 Å². The van der Waals surface area contributed by atoms with Gasteiger partial charge in [-0.2, -0.15) is 0 Å². The molecule has 1 aliphatic rings. The second kappa shape index (κ2) is 8.99. The van der Waals surface area contributed by atoms with Gasteiger partial charge in [-0.3, -0.25) is 15.6 Å². The molecule has 0 spiro atoms. The highest BCUT2D eigenvalue weighted by atomic mass is 32.1. The van der Waals surface area contributed by atoms with Gasteiger partial charge >= 0.3 is 0 Å². The molecule has 0 fully saturated rings. The largest absolute Gasteiger partial charge is 0.454 e. The number of carbonyl (C=O) groups excluding carboxylic acids is 1. The van der Waals surface area contributed by atoms with Gasteiger partial charge in [0.2, 0.25) is 6.79 Å². The van der Waals surface area contributed by atoms with Crippen LogP contribution in [-0.4, -0.2) is 24.4 Å². The minimum absolute atomic E-state index is 0.232. The summed E-state index contributed by atoms with van der Waals surface area (Å²) in [7, 11) is 0. The number of unbranched alkanes of at least 4 members (excludes halogenated alkanes) is 2. The Morgan fingerprint density at radius 3 is 2.91 bits per heavy atom. The molecular weight excluding hydrogens is 314 g/mol. The molecular formula is C16H21N3O3S. The predicted octanol–water partition coefficient (Wildman–Crippen LogP) is 2.11. The highest BCUT2D eigenvalue weighted by molar-refractivity contribution is 7.80. The highest BCUT2D eigenvalue weighted by Gasteiger charge is 2.12. The second-order valence-corrected chi connectivity index (χ2v) is 5.43. The third-order valence-electron chi connectivity index (χ3n) is 3.19. The maximum atomic E-state index is 11.7. The Labute approximate surface area is 141 Å². The Balaban J connectivity index is 1.71. The van der Waals surface area contributed by atoms with Crippen molar-refractivity contribution in [2.75, 3.05) is 13.3 Å². The van der Waals surface area contributed by atoms with Crippen LogP contribution in [0.2, 0.25) is 0 Å². The zero-order valence-corrected chi connectivity index (χ0v) is 13.9. The van der Waals surface area contributed by atoms with Crippen LogP contribution in [0, 0.1) is 0 Å². The van der Waals surface area contributed by atoms with E-state index in [0.717, 1.165) is 31.4 Å². The summed E-state index contributed by atoms with van der Waals surface area (Å²) in [6, 6.07) is 5.48. The number of carbonyl (C=O) groups is 1. The fourth-order valence-electron chi connectivity index (χ4n) is 1.97. The quantitative estimate of drug-likeness (QED) is 0.320. The lowest BCUT2D eigenvalue weighted by Crippen LogP contribution is -2.46. The number of ether oxygens (including phenoxy) is 2. The summed E-state index contributed by atoms with van der Waals surface area (Å²) in [6.07, 6.45) is 6.47. The number of thiocarbonyl (C=S) groups is 1. The smallest absolute Gasteiger partial charge is 0.262 e. The molecule has 1 aliphatic heterocycles. The third-order valence-corrected chi connectivity index (χ3v) is 3.44. The zero-order chi connectivity index (χ0) is 16.5. The van der Waals surface area contributed by atoms with Crippen LogP contribution in [0.1, 0.15) is 31.7 Å². The number of benzene rings is 1. The molecule has 3 N–H and O–H groups in total. The molecule has 0 aromatic heterocycles. The van der Waals surface area contributed by atoms with Gasteiger partial charge in [0.05, 0.1) is 0 Å². The van der Waals surface area contributed by atoms with Crippen molar-refractivity contribution < 1.29 is 14.3 Å². The summed E-state index contributed by atoms with van der Waals surface area (Å²) in [5.41, 5.74) is 6.02. The molecule has 2 rings (SSSR count). The van der Waals surface area contributed by atoms with Crippen molar-refractivity contribution in [2.45, 2.75) is 26.2 Å². The van der Waals surface area contributed by atoms with Crippen molar-refractivity contribution in [3.63, 3.8) is 0 Å². The maximum absolute atomic E-state index is 11.7. The van der Waals surface area contributed by atoms with Gasteiger partial charge in [0.25, 0.3) is 5.91 Å². The standard InChI is InChI=1S/C16H21N3O3S/c1-2-3-4-9-17-16(23)19-18-15(20)8-6-12-5-7-13-14(10-12)22-11-21-13/h5-8,10H,2-4,9,11H2,1H3,(H,18,20)(H2,17,19,23)/b8-6+. The van der Waals surface area contributed by atoms with Crippen molar-refractivity contribution >= 4 is 29.3 Å². The number of hydrazine groups is 1. The molecule has 0 saturated carbocycles. The van der Waals surface area contributed by atoms with E-state index in [1.165, 1.54) is 6.08 Å². The Morgan fingerprint density at radius 1 is 1.26 bits per heavy atom. The van der Waals surface area contributed by atoms with Crippen LogP contribution in [0.25, 0.3) is 6.08 Å². The lowest BCUT2D eigenvalue weighted by Gasteiger charge is -2.10. The Bertz CT molecular complexity index is 590. The molecule has 1 aromatic rings. The number of nitrogens with one attached hydrogen (secondary N) is 3. The van der Waals surface area contributed by atoms with Crippen molar-refractivity contribution in [3.05, 3.63) is 29.8 Å². The average molecular weight is 335 g/mol. The molecule has 1 amide bonds. The van der Waals surface area contributed by atoms with Crippen LogP contribution in [0.15, 0.2) is 24.3 Å². The van der Waals surface area contributed by atoms with E-state index in [2.05, 4.69) is 23.1 Å². The highest BCUT2D eigenvalue weighted by Crippen LogP contribution is 2.32. The Morgan fingerprint density at radius 2 is 2.09 bits per heavy atom. The first kappa shape index (κ1) is 17.1. The van der Waals surface area contributed by atoms with Gasteiger partial charge in [-0.05, 0) is 42.4 Å². The van der Waals surface area contributed by atoms with Crippen molar-refractivity contribution in [2.24, 2.45) is 0 Å². The second-order valence-electron chi connectivity index (χ2n) is 5.02. The summed E-state index contributed by atoms with van der Waals surface area (Å²) in [6.45, 7) is 3.17. The number of fused-ring (bicyclic) bond motifs is 1. The lowest BCUT2D eigenvalue weighted by atomic mass is 10.2. The predicted molar refractivity (Wildman–Crippen MR) is 93.0 cm³/mol. The molecule has 6 nitrogen and oxygen atoms in total. The van der Waals surface area contributed by atoms with Crippen LogP contribution in [0.5, 0.6) is 11.5 Å². The topological polar surface area (TPSA) is 71.6 Å². The Hall–Kier alpha value is -2.28. The van der Waals surface area contributed by atoms with E-state index in [9.17, 15) is 4.79 Å². The molecule has 0 unspecified atom stereocenters. The lowest BCUT2D eigenvalue weighted by molar-refractivity contribution is -0.116. The summed E-state index contributed by atoms with van der Waals surface area (Å²) < 4.78 is 10.5. The fourth-order valence-corrected chi connectivity index (χ4v) is 2.12. The minimum Gasteiger partial charge on any atom is -0.454 e. The summed E-state index contributed by atoms with van der Waals surface area (Å²) in [4.78, 5) is 11.7. The number of rotatable bonds is 6. The van der Waals surface area contributed by atoms with Gasteiger partial charge in [-0.1, -0.05) is 25.8 Å². The number of amides is 1. The fraction of sp³-hybridized carbons (Fsp3) is 0.375. The first-order valence-electron chi connectivity index (χ1n) is 7.60. The first-order chi connectivity index (χ1) is 11.2. The van der Waals surface area contributed by atoms with E-state index in [1.54, 1.807) is 6.08 Å². The molecule has 23 heavy (non-hydrogen) atoms. The SMILES string of the molecule is CCCCCNC(=S)NNC(=O)/C=C/c1ccc2c(c1)OCO2. The van der Waals surface area contributed by atoms with E-state index in [1.807, 2.05) is 18.2 Å². The van der Waals surface area contributed by atoms with Gasteiger partial charge in [0, 0.05) is 12.6 Å². The molecule has 1 heterocycles. The van der Waals surface area contributed by atoms with E-state index in [4.69, 9.17) is 21.7 Å². The van der Waals surface area contributed by atoms with Gasteiger partial charge in [0.15, 0.2) is 16.6 Å². The van der Waals surface area contributed by atoms with E-state index < -0.39 is 0 Å². The molecule has 0 aliphatic carbocycles. The Kier molecular flexibility index (Phi) is 6.68. The minimum atomic E-state index is -0.291. The molecule has 124 valence electrons. The molecule has 0 saturated heterocycles. The van der Waals surface area contributed by atoms with E-state index >= 15 is 0 Å². The number of hydrogen-bond acceptors (Lipinski definition) is 4. The van der Waals surface area contributed by atoms with E-state index in [0.29, 0.717) is 16.6 Å². The molecule has 0 bridgehead atoms. The monoisotopic (exact) mass is 335 g/mol. The maximum Gasteiger partial charge on any atom is 0.262 e. The van der Waals surface area contributed by atoms with Gasteiger partial charge in [0.1, 0.15) is 0 Å².